The van der Waals surface area contributed by atoms with Crippen LogP contribution in [0.3, 0.4) is 0 Å². The van der Waals surface area contributed by atoms with E-state index in [9.17, 15) is 5.11 Å². The molecular weight excluding hydrogens is 216 g/mol. The van der Waals surface area contributed by atoms with E-state index in [1.54, 1.807) is 0 Å². The van der Waals surface area contributed by atoms with Crippen LogP contribution in [-0.2, 0) is 9.47 Å². The first-order valence-corrected chi connectivity index (χ1v) is 6.25. The highest BCUT2D eigenvalue weighted by Crippen LogP contribution is 2.45. The lowest BCUT2D eigenvalue weighted by Crippen LogP contribution is -2.49. The maximum Gasteiger partial charge on any atom is 0.173 e. The molecule has 3 heteroatoms. The third kappa shape index (κ3) is 2.97. The van der Waals surface area contributed by atoms with Gasteiger partial charge in [0.1, 0.15) is 0 Å². The molecule has 0 aliphatic carbocycles. The minimum Gasteiger partial charge on any atom is -0.396 e. The van der Waals surface area contributed by atoms with E-state index in [1.807, 2.05) is 19.1 Å². The standard InChI is InChI=1S/C14H24O3/c1-4-6-8-14(12-15,9-7-5-2)13(3)16-10-11-17-13/h4-5,15H,1-2,6-12H2,3H3. The van der Waals surface area contributed by atoms with Crippen molar-refractivity contribution in [2.24, 2.45) is 5.41 Å². The van der Waals surface area contributed by atoms with Crippen molar-refractivity contribution < 1.29 is 14.6 Å². The number of aliphatic hydroxyl groups is 1. The molecule has 1 aliphatic heterocycles. The molecule has 1 aliphatic rings. The Kier molecular flexibility index (Phi) is 5.37. The van der Waals surface area contributed by atoms with E-state index in [2.05, 4.69) is 13.2 Å². The lowest BCUT2D eigenvalue weighted by molar-refractivity contribution is -0.240. The molecule has 1 heterocycles. The summed E-state index contributed by atoms with van der Waals surface area (Å²) in [5, 5.41) is 9.83. The van der Waals surface area contributed by atoms with Gasteiger partial charge in [0, 0.05) is 5.41 Å². The van der Waals surface area contributed by atoms with Crippen molar-refractivity contribution in [2.75, 3.05) is 19.8 Å². The van der Waals surface area contributed by atoms with Gasteiger partial charge in [-0.15, -0.1) is 13.2 Å². The lowest BCUT2D eigenvalue weighted by atomic mass is 9.73. The highest BCUT2D eigenvalue weighted by Gasteiger charge is 2.51. The second kappa shape index (κ2) is 6.34. The minimum atomic E-state index is -0.687. The second-order valence-electron chi connectivity index (χ2n) is 4.74. The average molecular weight is 240 g/mol. The van der Waals surface area contributed by atoms with Crippen LogP contribution in [0.1, 0.15) is 32.6 Å². The van der Waals surface area contributed by atoms with Crippen LogP contribution in [-0.4, -0.2) is 30.7 Å². The van der Waals surface area contributed by atoms with Crippen molar-refractivity contribution in [1.29, 1.82) is 0 Å². The van der Waals surface area contributed by atoms with E-state index < -0.39 is 5.79 Å². The molecule has 17 heavy (non-hydrogen) atoms. The van der Waals surface area contributed by atoms with Crippen LogP contribution in [0.2, 0.25) is 0 Å². The maximum absolute atomic E-state index is 9.83. The molecule has 0 saturated carbocycles. The Morgan fingerprint density at radius 3 is 2.00 bits per heavy atom. The van der Waals surface area contributed by atoms with E-state index in [0.29, 0.717) is 13.2 Å². The molecule has 0 aromatic heterocycles. The number of rotatable bonds is 8. The van der Waals surface area contributed by atoms with Crippen molar-refractivity contribution in [3.63, 3.8) is 0 Å². The first kappa shape index (κ1) is 14.4. The van der Waals surface area contributed by atoms with Crippen LogP contribution >= 0.6 is 0 Å². The Morgan fingerprint density at radius 1 is 1.18 bits per heavy atom. The molecule has 0 bridgehead atoms. The van der Waals surface area contributed by atoms with E-state index >= 15 is 0 Å². The first-order valence-electron chi connectivity index (χ1n) is 6.25. The van der Waals surface area contributed by atoms with Crippen LogP contribution in [0, 0.1) is 5.41 Å². The van der Waals surface area contributed by atoms with Crippen LogP contribution < -0.4 is 0 Å². The molecule has 1 saturated heterocycles. The maximum atomic E-state index is 9.83. The van der Waals surface area contributed by atoms with Gasteiger partial charge >= 0.3 is 0 Å². The third-order valence-electron chi connectivity index (χ3n) is 3.76. The third-order valence-corrected chi connectivity index (χ3v) is 3.76. The van der Waals surface area contributed by atoms with Crippen LogP contribution in [0.4, 0.5) is 0 Å². The molecule has 1 rings (SSSR count). The lowest BCUT2D eigenvalue weighted by Gasteiger charge is -2.43. The summed E-state index contributed by atoms with van der Waals surface area (Å²) in [6.07, 6.45) is 7.07. The Labute approximate surface area is 104 Å². The predicted molar refractivity (Wildman–Crippen MR) is 68.7 cm³/mol. The van der Waals surface area contributed by atoms with Crippen LogP contribution in [0.5, 0.6) is 0 Å². The van der Waals surface area contributed by atoms with Gasteiger partial charge < -0.3 is 14.6 Å². The molecule has 1 fully saturated rings. The van der Waals surface area contributed by atoms with E-state index in [0.717, 1.165) is 25.7 Å². The fourth-order valence-corrected chi connectivity index (χ4v) is 2.46. The Bertz CT molecular complexity index is 242. The molecular formula is C14H24O3. The highest BCUT2D eigenvalue weighted by molar-refractivity contribution is 4.95. The molecule has 0 aromatic rings. The fraction of sp³-hybridized carbons (Fsp3) is 0.714. The summed E-state index contributed by atoms with van der Waals surface area (Å²) in [5.74, 6) is -0.687. The van der Waals surface area contributed by atoms with Crippen molar-refractivity contribution in [3.05, 3.63) is 25.3 Å². The summed E-state index contributed by atoms with van der Waals surface area (Å²) < 4.78 is 11.5. The molecule has 0 atom stereocenters. The zero-order valence-corrected chi connectivity index (χ0v) is 10.8. The van der Waals surface area contributed by atoms with Crippen LogP contribution in [0.15, 0.2) is 25.3 Å². The van der Waals surface area contributed by atoms with Crippen molar-refractivity contribution in [3.8, 4) is 0 Å². The van der Waals surface area contributed by atoms with E-state index in [4.69, 9.17) is 9.47 Å². The smallest absolute Gasteiger partial charge is 0.173 e. The molecule has 0 spiro atoms. The van der Waals surface area contributed by atoms with Gasteiger partial charge in [-0.25, -0.2) is 0 Å². The zero-order chi connectivity index (χ0) is 12.8. The van der Waals surface area contributed by atoms with Crippen LogP contribution in [0.25, 0.3) is 0 Å². The van der Waals surface area contributed by atoms with Gasteiger partial charge in [0.2, 0.25) is 0 Å². The molecule has 0 aromatic carbocycles. The summed E-state index contributed by atoms with van der Waals surface area (Å²) in [6, 6.07) is 0. The summed E-state index contributed by atoms with van der Waals surface area (Å²) in [4.78, 5) is 0. The number of hydrogen-bond acceptors (Lipinski definition) is 3. The van der Waals surface area contributed by atoms with Crippen molar-refractivity contribution in [2.45, 2.75) is 38.4 Å². The Balaban J connectivity index is 2.86. The Morgan fingerprint density at radius 2 is 1.65 bits per heavy atom. The number of ether oxygens (including phenoxy) is 2. The van der Waals surface area contributed by atoms with Gasteiger partial charge in [0.25, 0.3) is 0 Å². The molecule has 0 radical (unpaired) electrons. The molecule has 0 amide bonds. The zero-order valence-electron chi connectivity index (χ0n) is 10.8. The van der Waals surface area contributed by atoms with Gasteiger partial charge in [0.15, 0.2) is 5.79 Å². The Hall–Kier alpha value is -0.640. The van der Waals surface area contributed by atoms with Crippen molar-refractivity contribution >= 4 is 0 Å². The van der Waals surface area contributed by atoms with Gasteiger partial charge in [0.05, 0.1) is 19.8 Å². The fourth-order valence-electron chi connectivity index (χ4n) is 2.46. The van der Waals surface area contributed by atoms with Gasteiger partial charge in [-0.1, -0.05) is 12.2 Å². The normalized spacial score (nSPS) is 19.2. The van der Waals surface area contributed by atoms with Gasteiger partial charge in [-0.3, -0.25) is 0 Å². The summed E-state index contributed by atoms with van der Waals surface area (Å²) in [5.41, 5.74) is -0.369. The van der Waals surface area contributed by atoms with Gasteiger partial charge in [-0.05, 0) is 32.6 Å². The SMILES string of the molecule is C=CCCC(CO)(CCC=C)C1(C)OCCO1. The number of allylic oxidation sites excluding steroid dienone is 2. The van der Waals surface area contributed by atoms with E-state index in [1.165, 1.54) is 0 Å². The average Bonchev–Trinajstić information content (AvgIpc) is 2.78. The van der Waals surface area contributed by atoms with E-state index in [-0.39, 0.29) is 12.0 Å². The second-order valence-corrected chi connectivity index (χ2v) is 4.74. The number of hydrogen-bond donors (Lipinski definition) is 1. The highest BCUT2D eigenvalue weighted by atomic mass is 16.7. The number of aliphatic hydroxyl groups excluding tert-OH is 1. The molecule has 0 unspecified atom stereocenters. The largest absolute Gasteiger partial charge is 0.396 e. The minimum absolute atomic E-state index is 0.0607. The summed E-state index contributed by atoms with van der Waals surface area (Å²) in [6.45, 7) is 10.7. The quantitative estimate of drug-likeness (QED) is 0.663. The summed E-state index contributed by atoms with van der Waals surface area (Å²) in [7, 11) is 0. The first-order chi connectivity index (χ1) is 8.14. The molecule has 1 N–H and O–H groups in total. The molecule has 3 nitrogen and oxygen atoms in total. The summed E-state index contributed by atoms with van der Waals surface area (Å²) >= 11 is 0. The topological polar surface area (TPSA) is 38.7 Å². The van der Waals surface area contributed by atoms with Gasteiger partial charge in [-0.2, -0.15) is 0 Å². The monoisotopic (exact) mass is 240 g/mol. The predicted octanol–water partition coefficient (Wildman–Crippen LogP) is 2.66. The molecule has 98 valence electrons. The van der Waals surface area contributed by atoms with Crippen molar-refractivity contribution in [1.82, 2.24) is 0 Å².